The molecule has 0 bridgehead atoms. The lowest BCUT2D eigenvalue weighted by molar-refractivity contribution is 0.167. The second kappa shape index (κ2) is 6.93. The molecule has 2 aromatic heterocycles. The summed E-state index contributed by atoms with van der Waals surface area (Å²) in [6.45, 7) is 5.86. The Balaban J connectivity index is 1.99. The summed E-state index contributed by atoms with van der Waals surface area (Å²) in [4.78, 5) is 0.334. The van der Waals surface area contributed by atoms with E-state index in [0.717, 1.165) is 18.7 Å². The number of nitrogens with zero attached hydrogens (tertiary/aromatic N) is 4. The van der Waals surface area contributed by atoms with Gasteiger partial charge in [0.1, 0.15) is 4.90 Å². The van der Waals surface area contributed by atoms with Crippen molar-refractivity contribution >= 4 is 10.0 Å². The fraction of sp³-hybridized carbons (Fsp3) is 0.588. The highest BCUT2D eigenvalue weighted by atomic mass is 32.2. The summed E-state index contributed by atoms with van der Waals surface area (Å²) < 4.78 is 37.3. The van der Waals surface area contributed by atoms with E-state index in [1.807, 2.05) is 18.3 Å². The maximum Gasteiger partial charge on any atom is 0.247 e. The van der Waals surface area contributed by atoms with Crippen LogP contribution in [0.1, 0.15) is 23.5 Å². The average molecular weight is 366 g/mol. The van der Waals surface area contributed by atoms with Crippen molar-refractivity contribution in [3.8, 4) is 0 Å². The summed E-state index contributed by atoms with van der Waals surface area (Å²) in [7, 11) is -0.159. The largest absolute Gasteiger partial charge is 0.385 e. The lowest BCUT2D eigenvalue weighted by Gasteiger charge is -2.23. The molecular formula is C17H26N4O3S. The Morgan fingerprint density at radius 3 is 2.72 bits per heavy atom. The van der Waals surface area contributed by atoms with E-state index < -0.39 is 10.0 Å². The van der Waals surface area contributed by atoms with Crippen LogP contribution in [0.2, 0.25) is 0 Å². The first kappa shape index (κ1) is 18.2. The van der Waals surface area contributed by atoms with E-state index in [-0.39, 0.29) is 5.92 Å². The van der Waals surface area contributed by atoms with Crippen molar-refractivity contribution in [2.75, 3.05) is 20.3 Å². The van der Waals surface area contributed by atoms with Gasteiger partial charge in [-0.05, 0) is 38.3 Å². The van der Waals surface area contributed by atoms with Gasteiger partial charge in [0.25, 0.3) is 0 Å². The quantitative estimate of drug-likeness (QED) is 0.808. The van der Waals surface area contributed by atoms with Gasteiger partial charge in [0.2, 0.25) is 10.0 Å². The number of fused-ring (bicyclic) bond motifs is 1. The normalized spacial score (nSPS) is 19.0. The van der Waals surface area contributed by atoms with Crippen molar-refractivity contribution in [3.05, 3.63) is 35.4 Å². The number of aromatic nitrogens is 3. The Bertz CT molecular complexity index is 853. The maximum absolute atomic E-state index is 13.4. The van der Waals surface area contributed by atoms with Gasteiger partial charge in [-0.3, -0.25) is 4.68 Å². The smallest absolute Gasteiger partial charge is 0.247 e. The van der Waals surface area contributed by atoms with Gasteiger partial charge in [-0.25, -0.2) is 8.42 Å². The number of hydrogen-bond acceptors (Lipinski definition) is 4. The van der Waals surface area contributed by atoms with Crippen molar-refractivity contribution in [2.24, 2.45) is 13.0 Å². The van der Waals surface area contributed by atoms with Crippen LogP contribution in [0.5, 0.6) is 0 Å². The predicted octanol–water partition coefficient (Wildman–Crippen LogP) is 1.70. The monoisotopic (exact) mass is 366 g/mol. The van der Waals surface area contributed by atoms with Crippen molar-refractivity contribution in [2.45, 2.75) is 38.3 Å². The SMILES string of the molecule is COCC[C@@H]1CN(S(=O)(=O)c2c(C)nn(C)c2C)Cc2cccn2C1. The lowest BCUT2D eigenvalue weighted by atomic mass is 10.1. The topological polar surface area (TPSA) is 69.4 Å². The molecule has 0 aromatic carbocycles. The third-order valence-corrected chi connectivity index (χ3v) is 7.01. The molecule has 0 aliphatic carbocycles. The number of methoxy groups -OCH3 is 1. The van der Waals surface area contributed by atoms with Crippen LogP contribution >= 0.6 is 0 Å². The van der Waals surface area contributed by atoms with E-state index >= 15 is 0 Å². The van der Waals surface area contributed by atoms with Gasteiger partial charge in [-0.15, -0.1) is 0 Å². The minimum atomic E-state index is -3.61. The van der Waals surface area contributed by atoms with Crippen molar-refractivity contribution in [1.82, 2.24) is 18.7 Å². The first-order chi connectivity index (χ1) is 11.8. The van der Waals surface area contributed by atoms with Crippen molar-refractivity contribution < 1.29 is 13.2 Å². The second-order valence-electron chi connectivity index (χ2n) is 6.72. The molecule has 1 aliphatic heterocycles. The molecule has 1 atom stereocenters. The van der Waals surface area contributed by atoms with Crippen LogP contribution in [0.25, 0.3) is 0 Å². The third kappa shape index (κ3) is 3.38. The number of aryl methyl sites for hydroxylation is 2. The molecule has 0 amide bonds. The zero-order valence-corrected chi connectivity index (χ0v) is 16.1. The van der Waals surface area contributed by atoms with Crippen LogP contribution in [0.4, 0.5) is 0 Å². The van der Waals surface area contributed by atoms with E-state index in [1.165, 1.54) is 0 Å². The van der Waals surface area contributed by atoms with Crippen LogP contribution in [0.15, 0.2) is 23.2 Å². The molecule has 0 radical (unpaired) electrons. The zero-order chi connectivity index (χ0) is 18.2. The molecule has 3 rings (SSSR count). The molecule has 7 nitrogen and oxygen atoms in total. The summed E-state index contributed by atoms with van der Waals surface area (Å²) in [5.41, 5.74) is 2.24. The maximum atomic E-state index is 13.4. The van der Waals surface area contributed by atoms with Gasteiger partial charge < -0.3 is 9.30 Å². The van der Waals surface area contributed by atoms with Crippen molar-refractivity contribution in [3.63, 3.8) is 0 Å². The minimum absolute atomic E-state index is 0.209. The minimum Gasteiger partial charge on any atom is -0.385 e. The molecule has 1 aliphatic rings. The second-order valence-corrected chi connectivity index (χ2v) is 8.60. The van der Waals surface area contributed by atoms with Gasteiger partial charge in [-0.2, -0.15) is 9.40 Å². The van der Waals surface area contributed by atoms with E-state index in [9.17, 15) is 8.42 Å². The molecule has 3 heterocycles. The summed E-state index contributed by atoms with van der Waals surface area (Å²) in [5, 5.41) is 4.28. The number of sulfonamides is 1. The van der Waals surface area contributed by atoms with E-state index in [4.69, 9.17) is 4.74 Å². The fourth-order valence-corrected chi connectivity index (χ4v) is 5.43. The third-order valence-electron chi connectivity index (χ3n) is 4.95. The summed E-state index contributed by atoms with van der Waals surface area (Å²) >= 11 is 0. The van der Waals surface area contributed by atoms with Gasteiger partial charge in [0.15, 0.2) is 0 Å². The summed E-state index contributed by atoms with van der Waals surface area (Å²) in [6, 6.07) is 3.96. The summed E-state index contributed by atoms with van der Waals surface area (Å²) in [5.74, 6) is 0.209. The van der Waals surface area contributed by atoms with Gasteiger partial charge >= 0.3 is 0 Å². The molecule has 0 unspecified atom stereocenters. The van der Waals surface area contributed by atoms with E-state index in [1.54, 1.807) is 37.0 Å². The Morgan fingerprint density at radius 1 is 1.32 bits per heavy atom. The van der Waals surface area contributed by atoms with Gasteiger partial charge in [0, 0.05) is 45.7 Å². The lowest BCUT2D eigenvalue weighted by Crippen LogP contribution is -2.34. The van der Waals surface area contributed by atoms with Crippen LogP contribution in [0.3, 0.4) is 0 Å². The highest BCUT2D eigenvalue weighted by Crippen LogP contribution is 2.28. The molecule has 138 valence electrons. The highest BCUT2D eigenvalue weighted by Gasteiger charge is 2.34. The van der Waals surface area contributed by atoms with Gasteiger partial charge in [-0.1, -0.05) is 0 Å². The fourth-order valence-electron chi connectivity index (χ4n) is 3.55. The Labute approximate surface area is 149 Å². The summed E-state index contributed by atoms with van der Waals surface area (Å²) in [6.07, 6.45) is 2.84. The molecule has 25 heavy (non-hydrogen) atoms. The standard InChI is InChI=1S/C17H26N4O3S/c1-13-17(14(2)19(3)18-13)25(22,23)21-11-15(7-9-24-4)10-20-8-5-6-16(20)12-21/h5-6,8,15H,7,9-12H2,1-4H3/t15-/m0/s1. The van der Waals surface area contributed by atoms with E-state index in [0.29, 0.717) is 36.0 Å². The van der Waals surface area contributed by atoms with Crippen LogP contribution < -0.4 is 0 Å². The molecule has 8 heteroatoms. The number of hydrogen-bond donors (Lipinski definition) is 0. The van der Waals surface area contributed by atoms with Crippen LogP contribution in [-0.2, 0) is 34.9 Å². The molecule has 0 fully saturated rings. The average Bonchev–Trinajstić information content (AvgIpc) is 3.02. The molecule has 0 saturated heterocycles. The van der Waals surface area contributed by atoms with E-state index in [2.05, 4.69) is 9.67 Å². The predicted molar refractivity (Wildman–Crippen MR) is 94.7 cm³/mol. The molecular weight excluding hydrogens is 340 g/mol. The van der Waals surface area contributed by atoms with Gasteiger partial charge in [0.05, 0.1) is 17.9 Å². The Hall–Kier alpha value is -1.64. The molecule has 0 spiro atoms. The van der Waals surface area contributed by atoms with Crippen LogP contribution in [-0.4, -0.2) is 47.3 Å². The highest BCUT2D eigenvalue weighted by molar-refractivity contribution is 7.89. The number of rotatable bonds is 5. The number of ether oxygens (including phenoxy) is 1. The Morgan fingerprint density at radius 2 is 2.08 bits per heavy atom. The first-order valence-corrected chi connectivity index (χ1v) is 9.92. The molecule has 2 aromatic rings. The van der Waals surface area contributed by atoms with Crippen molar-refractivity contribution in [1.29, 1.82) is 0 Å². The van der Waals surface area contributed by atoms with Crippen LogP contribution in [0, 0.1) is 19.8 Å². The molecule has 0 saturated carbocycles. The zero-order valence-electron chi connectivity index (χ0n) is 15.3. The Kier molecular flexibility index (Phi) is 5.04. The first-order valence-electron chi connectivity index (χ1n) is 8.48. The molecule has 0 N–H and O–H groups in total.